The first-order valence-electron chi connectivity index (χ1n) is 15.0. The van der Waals surface area contributed by atoms with Gasteiger partial charge in [-0.15, -0.1) is 0 Å². The Bertz CT molecular complexity index is 1510. The molecule has 0 radical (unpaired) electrons. The Morgan fingerprint density at radius 3 is 2.67 bits per heavy atom. The minimum atomic E-state index is -0.163. The van der Waals surface area contributed by atoms with Crippen molar-refractivity contribution in [1.29, 1.82) is 0 Å². The number of nitrogens with one attached hydrogen (secondary N) is 3. The molecule has 1 saturated carbocycles. The number of nitrogens with zero attached hydrogens (tertiary/aromatic N) is 2. The second-order valence-corrected chi connectivity index (χ2v) is 12.1. The molecule has 1 aliphatic heterocycles. The van der Waals surface area contributed by atoms with E-state index in [1.54, 1.807) is 0 Å². The smallest absolute Gasteiger partial charge is 0.224 e. The SMILES string of the molecule is CCC(=O)CCCCC[C@H](NC(=O)[C@H]1CC12CCN(C)CC2)c1ncc(-c2ccc3[nH]c4ccccc4c3c2)[nH]1. The van der Waals surface area contributed by atoms with Crippen LogP contribution in [-0.4, -0.2) is 51.7 Å². The van der Waals surface area contributed by atoms with Crippen LogP contribution in [0.25, 0.3) is 33.1 Å². The van der Waals surface area contributed by atoms with Gasteiger partial charge in [-0.2, -0.15) is 0 Å². The number of likely N-dealkylation sites (tertiary alicyclic amines) is 1. The van der Waals surface area contributed by atoms with Crippen LogP contribution in [0, 0.1) is 11.3 Å². The minimum Gasteiger partial charge on any atom is -0.355 e. The van der Waals surface area contributed by atoms with Crippen molar-refractivity contribution in [3.05, 3.63) is 54.5 Å². The quantitative estimate of drug-likeness (QED) is 0.189. The van der Waals surface area contributed by atoms with Crippen LogP contribution in [0.5, 0.6) is 0 Å². The summed E-state index contributed by atoms with van der Waals surface area (Å²) in [4.78, 5) is 39.4. The fourth-order valence-electron chi connectivity index (χ4n) is 6.58. The summed E-state index contributed by atoms with van der Waals surface area (Å²) in [6, 6.07) is 14.6. The Morgan fingerprint density at radius 2 is 1.85 bits per heavy atom. The molecular weight excluding hydrogens is 498 g/mol. The molecule has 1 saturated heterocycles. The standard InChI is InChI=1S/C33H41N5O2/c1-3-23(39)9-5-4-6-12-29(37-32(40)26-20-33(26)15-17-38(2)18-16-33)31-34-21-30(36-31)22-13-14-28-25(19-22)24-10-7-8-11-27(24)35-28/h7-8,10-11,13-14,19,21,26,29,35H,3-6,9,12,15-18,20H2,1-2H3,(H,34,36)(H,37,40)/t26-,29+/m1/s1. The van der Waals surface area contributed by atoms with Gasteiger partial charge in [-0.25, -0.2) is 4.98 Å². The van der Waals surface area contributed by atoms with E-state index in [1.165, 1.54) is 10.8 Å². The second-order valence-electron chi connectivity index (χ2n) is 12.1. The predicted molar refractivity (Wildman–Crippen MR) is 160 cm³/mol. The van der Waals surface area contributed by atoms with Gasteiger partial charge in [-0.3, -0.25) is 9.59 Å². The Morgan fingerprint density at radius 1 is 1.05 bits per heavy atom. The zero-order valence-corrected chi connectivity index (χ0v) is 23.8. The summed E-state index contributed by atoms with van der Waals surface area (Å²) in [6.07, 6.45) is 10.0. The van der Waals surface area contributed by atoms with Crippen molar-refractivity contribution in [3.8, 4) is 11.3 Å². The number of hydrogen-bond donors (Lipinski definition) is 3. The molecule has 3 heterocycles. The highest BCUT2D eigenvalue weighted by molar-refractivity contribution is 6.08. The highest BCUT2D eigenvalue weighted by atomic mass is 16.2. The van der Waals surface area contributed by atoms with Crippen molar-refractivity contribution in [2.45, 2.75) is 70.8 Å². The van der Waals surface area contributed by atoms with Crippen LogP contribution in [0.4, 0.5) is 0 Å². The van der Waals surface area contributed by atoms with Gasteiger partial charge in [0, 0.05) is 46.1 Å². The lowest BCUT2D eigenvalue weighted by molar-refractivity contribution is -0.124. The number of imidazole rings is 1. The number of piperidine rings is 1. The summed E-state index contributed by atoms with van der Waals surface area (Å²) in [5, 5.41) is 5.78. The predicted octanol–water partition coefficient (Wildman–Crippen LogP) is 6.53. The first kappa shape index (κ1) is 26.8. The van der Waals surface area contributed by atoms with E-state index in [2.05, 4.69) is 63.6 Å². The van der Waals surface area contributed by atoms with Crippen LogP contribution in [0.1, 0.15) is 76.6 Å². The van der Waals surface area contributed by atoms with Crippen molar-refractivity contribution < 1.29 is 9.59 Å². The maximum atomic E-state index is 13.5. The molecule has 0 bridgehead atoms. The number of benzene rings is 2. The molecule has 6 rings (SSSR count). The number of ketones is 1. The van der Waals surface area contributed by atoms with Crippen molar-refractivity contribution in [2.75, 3.05) is 20.1 Å². The average molecular weight is 540 g/mol. The first-order chi connectivity index (χ1) is 19.5. The molecule has 2 aromatic carbocycles. The van der Waals surface area contributed by atoms with Crippen LogP contribution in [-0.2, 0) is 9.59 Å². The van der Waals surface area contributed by atoms with Gasteiger partial charge in [-0.05, 0) is 75.9 Å². The van der Waals surface area contributed by atoms with E-state index >= 15 is 0 Å². The third-order valence-electron chi connectivity index (χ3n) is 9.39. The second kappa shape index (κ2) is 11.2. The third-order valence-corrected chi connectivity index (χ3v) is 9.39. The van der Waals surface area contributed by atoms with E-state index in [-0.39, 0.29) is 23.3 Å². The zero-order valence-electron chi connectivity index (χ0n) is 23.8. The molecule has 7 nitrogen and oxygen atoms in total. The van der Waals surface area contributed by atoms with Crippen molar-refractivity contribution in [2.24, 2.45) is 11.3 Å². The lowest BCUT2D eigenvalue weighted by Gasteiger charge is -2.30. The van der Waals surface area contributed by atoms with E-state index in [0.29, 0.717) is 18.6 Å². The van der Waals surface area contributed by atoms with Crippen LogP contribution < -0.4 is 5.32 Å². The summed E-state index contributed by atoms with van der Waals surface area (Å²) in [7, 11) is 2.17. The van der Waals surface area contributed by atoms with E-state index < -0.39 is 0 Å². The van der Waals surface area contributed by atoms with Crippen molar-refractivity contribution >= 4 is 33.5 Å². The summed E-state index contributed by atoms with van der Waals surface area (Å²) >= 11 is 0. The first-order valence-corrected chi connectivity index (χ1v) is 15.0. The number of para-hydroxylation sites is 1. The van der Waals surface area contributed by atoms with Gasteiger partial charge >= 0.3 is 0 Å². The molecule has 1 aliphatic carbocycles. The topological polar surface area (TPSA) is 93.9 Å². The number of rotatable bonds is 11. The fourth-order valence-corrected chi connectivity index (χ4v) is 6.58. The number of fused-ring (bicyclic) bond motifs is 3. The molecule has 2 aromatic heterocycles. The Hall–Kier alpha value is -3.45. The number of carbonyl (C=O) groups excluding carboxylic acids is 2. The van der Waals surface area contributed by atoms with Gasteiger partial charge in [0.15, 0.2) is 0 Å². The number of aromatic nitrogens is 3. The van der Waals surface area contributed by atoms with E-state index in [4.69, 9.17) is 4.98 Å². The van der Waals surface area contributed by atoms with Crippen molar-refractivity contribution in [3.63, 3.8) is 0 Å². The minimum absolute atomic E-state index is 0.115. The maximum absolute atomic E-state index is 13.5. The lowest BCUT2D eigenvalue weighted by atomic mass is 9.91. The monoisotopic (exact) mass is 539 g/mol. The molecule has 40 heavy (non-hydrogen) atoms. The van der Waals surface area contributed by atoms with E-state index in [9.17, 15) is 9.59 Å². The van der Waals surface area contributed by atoms with Crippen LogP contribution in [0.15, 0.2) is 48.7 Å². The number of aromatic amines is 2. The van der Waals surface area contributed by atoms with E-state index in [0.717, 1.165) is 86.2 Å². The number of carbonyl (C=O) groups is 2. The van der Waals surface area contributed by atoms with Crippen LogP contribution in [0.3, 0.4) is 0 Å². The molecule has 210 valence electrons. The molecule has 2 atom stereocenters. The van der Waals surface area contributed by atoms with E-state index in [1.807, 2.05) is 19.2 Å². The molecule has 2 fully saturated rings. The number of H-pyrrole nitrogens is 2. The van der Waals surface area contributed by atoms with Crippen LogP contribution >= 0.6 is 0 Å². The van der Waals surface area contributed by atoms with Gasteiger partial charge < -0.3 is 20.2 Å². The van der Waals surface area contributed by atoms with Crippen molar-refractivity contribution in [1.82, 2.24) is 25.2 Å². The van der Waals surface area contributed by atoms with Gasteiger partial charge in [-0.1, -0.05) is 44.0 Å². The Balaban J connectivity index is 1.18. The fraction of sp³-hybridized carbons (Fsp3) is 0.485. The number of hydrogen-bond acceptors (Lipinski definition) is 4. The molecule has 0 unspecified atom stereocenters. The average Bonchev–Trinajstić information content (AvgIpc) is 3.29. The number of unbranched alkanes of at least 4 members (excludes halogenated alkanes) is 2. The lowest BCUT2D eigenvalue weighted by Crippen LogP contribution is -2.36. The largest absolute Gasteiger partial charge is 0.355 e. The zero-order chi connectivity index (χ0) is 27.7. The highest BCUT2D eigenvalue weighted by Gasteiger charge is 2.58. The molecule has 7 heteroatoms. The Kier molecular flexibility index (Phi) is 7.49. The molecule has 1 spiro atoms. The molecule has 1 amide bonds. The highest BCUT2D eigenvalue weighted by Crippen LogP contribution is 2.59. The molecule has 4 aromatic rings. The Labute approximate surface area is 236 Å². The normalized spacial score (nSPS) is 19.3. The van der Waals surface area contributed by atoms with Gasteiger partial charge in [0.25, 0.3) is 0 Å². The summed E-state index contributed by atoms with van der Waals surface area (Å²) in [5.74, 6) is 1.42. The number of amides is 1. The van der Waals surface area contributed by atoms with Gasteiger partial charge in [0.05, 0.1) is 17.9 Å². The summed E-state index contributed by atoms with van der Waals surface area (Å²) < 4.78 is 0. The maximum Gasteiger partial charge on any atom is 0.224 e. The summed E-state index contributed by atoms with van der Waals surface area (Å²) in [6.45, 7) is 4.08. The summed E-state index contributed by atoms with van der Waals surface area (Å²) in [5.41, 5.74) is 4.47. The van der Waals surface area contributed by atoms with Gasteiger partial charge in [0.1, 0.15) is 11.6 Å². The molecule has 2 aliphatic rings. The molecule has 3 N–H and O–H groups in total. The molecular formula is C33H41N5O2. The van der Waals surface area contributed by atoms with Gasteiger partial charge in [0.2, 0.25) is 5.91 Å². The number of Topliss-reactive ketones (excluding diaryl/α,β-unsaturated/α-hetero) is 1. The van der Waals surface area contributed by atoms with Crippen LogP contribution in [0.2, 0.25) is 0 Å². The third kappa shape index (κ3) is 5.44.